The summed E-state index contributed by atoms with van der Waals surface area (Å²) in [6.45, 7) is 2.13. The number of alkyl halides is 3. The van der Waals surface area contributed by atoms with Crippen LogP contribution in [0.25, 0.3) is 0 Å². The molecule has 2 nitrogen and oxygen atoms in total. The van der Waals surface area contributed by atoms with Crippen LogP contribution in [-0.4, -0.2) is 13.2 Å². The monoisotopic (exact) mass is 400 g/mol. The van der Waals surface area contributed by atoms with E-state index in [1.165, 1.54) is 11.6 Å². The lowest BCUT2D eigenvalue weighted by atomic mass is 10.0. The van der Waals surface area contributed by atoms with Gasteiger partial charge in [-0.2, -0.15) is 13.2 Å². The average molecular weight is 400 g/mol. The van der Waals surface area contributed by atoms with Crippen molar-refractivity contribution in [3.63, 3.8) is 0 Å². The second kappa shape index (κ2) is 9.50. The molecular weight excluding hydrogens is 377 g/mol. The van der Waals surface area contributed by atoms with Crippen molar-refractivity contribution in [1.82, 2.24) is 0 Å². The van der Waals surface area contributed by atoms with Crippen LogP contribution in [0.1, 0.15) is 29.2 Å². The van der Waals surface area contributed by atoms with Gasteiger partial charge in [-0.15, -0.1) is 0 Å². The Labute approximate surface area is 168 Å². The van der Waals surface area contributed by atoms with Crippen LogP contribution in [0.2, 0.25) is 0 Å². The minimum absolute atomic E-state index is 0.141. The smallest absolute Gasteiger partial charge is 0.419 e. The molecule has 5 heteroatoms. The summed E-state index contributed by atoms with van der Waals surface area (Å²) in [6.07, 6.45) is -3.35. The normalized spacial score (nSPS) is 11.3. The van der Waals surface area contributed by atoms with E-state index < -0.39 is 11.7 Å². The summed E-state index contributed by atoms with van der Waals surface area (Å²) in [5.41, 5.74) is 2.02. The Bertz CT molecular complexity index is 921. The maximum atomic E-state index is 13.3. The van der Waals surface area contributed by atoms with E-state index in [9.17, 15) is 13.2 Å². The zero-order valence-corrected chi connectivity index (χ0v) is 16.2. The fourth-order valence-electron chi connectivity index (χ4n) is 3.12. The van der Waals surface area contributed by atoms with Crippen molar-refractivity contribution in [2.45, 2.75) is 25.9 Å². The van der Waals surface area contributed by atoms with Crippen molar-refractivity contribution < 1.29 is 22.6 Å². The van der Waals surface area contributed by atoms with Gasteiger partial charge in [0.25, 0.3) is 0 Å². The number of hydrogen-bond donors (Lipinski definition) is 0. The Morgan fingerprint density at radius 1 is 0.759 bits per heavy atom. The lowest BCUT2D eigenvalue weighted by Crippen LogP contribution is -2.10. The van der Waals surface area contributed by atoms with Gasteiger partial charge in [-0.25, -0.2) is 0 Å². The van der Waals surface area contributed by atoms with Crippen LogP contribution in [0, 0.1) is 0 Å². The molecule has 0 aliphatic carbocycles. The van der Waals surface area contributed by atoms with E-state index in [1.54, 1.807) is 13.0 Å². The number of ether oxygens (including phenoxy) is 2. The second-order valence-corrected chi connectivity index (χ2v) is 6.63. The SMILES string of the molecule is CCOc1ccc(CCOc2ccccc2Cc2ccccc2)cc1C(F)(F)F. The van der Waals surface area contributed by atoms with Gasteiger partial charge in [0, 0.05) is 12.8 Å². The molecule has 0 aliphatic heterocycles. The standard InChI is InChI=1S/C24H23F3O2/c1-2-28-23-13-12-19(17-21(23)24(25,26)27)14-15-29-22-11-7-6-10-20(22)16-18-8-4-3-5-9-18/h3-13,17H,2,14-16H2,1H3. The third kappa shape index (κ3) is 5.76. The zero-order chi connectivity index (χ0) is 20.7. The molecule has 0 spiro atoms. The van der Waals surface area contributed by atoms with Gasteiger partial charge in [0.1, 0.15) is 11.5 Å². The summed E-state index contributed by atoms with van der Waals surface area (Å²) in [4.78, 5) is 0. The highest BCUT2D eigenvalue weighted by molar-refractivity contribution is 5.40. The lowest BCUT2D eigenvalue weighted by molar-refractivity contribution is -0.139. The highest BCUT2D eigenvalue weighted by Gasteiger charge is 2.34. The minimum Gasteiger partial charge on any atom is -0.493 e. The number of rotatable bonds is 8. The van der Waals surface area contributed by atoms with Gasteiger partial charge in [0.15, 0.2) is 0 Å². The van der Waals surface area contributed by atoms with Crippen LogP contribution in [0.3, 0.4) is 0 Å². The molecule has 0 N–H and O–H groups in total. The van der Waals surface area contributed by atoms with E-state index in [0.29, 0.717) is 12.0 Å². The molecule has 3 rings (SSSR count). The summed E-state index contributed by atoms with van der Waals surface area (Å²) in [5.74, 6) is 0.608. The number of hydrogen-bond acceptors (Lipinski definition) is 2. The molecule has 0 unspecified atom stereocenters. The predicted octanol–water partition coefficient (Wildman–Crippen LogP) is 6.32. The van der Waals surface area contributed by atoms with Crippen molar-refractivity contribution in [3.8, 4) is 11.5 Å². The molecule has 0 aromatic heterocycles. The summed E-state index contributed by atoms with van der Waals surface area (Å²) < 4.78 is 50.9. The van der Waals surface area contributed by atoms with Gasteiger partial charge < -0.3 is 9.47 Å². The van der Waals surface area contributed by atoms with E-state index in [2.05, 4.69) is 12.1 Å². The molecular formula is C24H23F3O2. The summed E-state index contributed by atoms with van der Waals surface area (Å²) in [5, 5.41) is 0. The van der Waals surface area contributed by atoms with Crippen molar-refractivity contribution in [2.24, 2.45) is 0 Å². The maximum absolute atomic E-state index is 13.3. The van der Waals surface area contributed by atoms with Crippen LogP contribution < -0.4 is 9.47 Å². The molecule has 0 saturated carbocycles. The molecule has 0 aliphatic rings. The Hall–Kier alpha value is -2.95. The van der Waals surface area contributed by atoms with E-state index in [0.717, 1.165) is 23.8 Å². The molecule has 0 heterocycles. The highest BCUT2D eigenvalue weighted by atomic mass is 19.4. The molecule has 0 fully saturated rings. The van der Waals surface area contributed by atoms with Crippen molar-refractivity contribution in [3.05, 3.63) is 95.1 Å². The van der Waals surface area contributed by atoms with Gasteiger partial charge in [0.05, 0.1) is 18.8 Å². The topological polar surface area (TPSA) is 18.5 Å². The first kappa shape index (κ1) is 20.8. The second-order valence-electron chi connectivity index (χ2n) is 6.63. The summed E-state index contributed by atoms with van der Waals surface area (Å²) in [6, 6.07) is 22.0. The third-order valence-electron chi connectivity index (χ3n) is 4.51. The van der Waals surface area contributed by atoms with Crippen LogP contribution in [-0.2, 0) is 19.0 Å². The van der Waals surface area contributed by atoms with Crippen LogP contribution in [0.5, 0.6) is 11.5 Å². The number of benzene rings is 3. The van der Waals surface area contributed by atoms with Gasteiger partial charge in [-0.1, -0.05) is 54.6 Å². The predicted molar refractivity (Wildman–Crippen MR) is 108 cm³/mol. The first-order chi connectivity index (χ1) is 14.0. The minimum atomic E-state index is -4.45. The van der Waals surface area contributed by atoms with E-state index >= 15 is 0 Å². The third-order valence-corrected chi connectivity index (χ3v) is 4.51. The molecule has 0 saturated heterocycles. The quantitative estimate of drug-likeness (QED) is 0.441. The Morgan fingerprint density at radius 3 is 2.21 bits per heavy atom. The van der Waals surface area contributed by atoms with E-state index in [4.69, 9.17) is 9.47 Å². The van der Waals surface area contributed by atoms with Crippen molar-refractivity contribution >= 4 is 0 Å². The van der Waals surface area contributed by atoms with Crippen LogP contribution >= 0.6 is 0 Å². The molecule has 3 aromatic carbocycles. The molecule has 0 bridgehead atoms. The van der Waals surface area contributed by atoms with Crippen LogP contribution in [0.15, 0.2) is 72.8 Å². The molecule has 0 atom stereocenters. The largest absolute Gasteiger partial charge is 0.493 e. The van der Waals surface area contributed by atoms with E-state index in [1.807, 2.05) is 42.5 Å². The van der Waals surface area contributed by atoms with E-state index in [-0.39, 0.29) is 19.0 Å². The molecule has 0 radical (unpaired) electrons. The van der Waals surface area contributed by atoms with Gasteiger partial charge in [-0.05, 0) is 41.8 Å². The highest BCUT2D eigenvalue weighted by Crippen LogP contribution is 2.37. The fraction of sp³-hybridized carbons (Fsp3) is 0.250. The average Bonchev–Trinajstić information content (AvgIpc) is 2.70. The summed E-state index contributed by atoms with van der Waals surface area (Å²) >= 11 is 0. The fourth-order valence-corrected chi connectivity index (χ4v) is 3.12. The first-order valence-corrected chi connectivity index (χ1v) is 9.55. The van der Waals surface area contributed by atoms with Gasteiger partial charge in [0.2, 0.25) is 0 Å². The number of para-hydroxylation sites is 1. The Kier molecular flexibility index (Phi) is 6.81. The lowest BCUT2D eigenvalue weighted by Gasteiger charge is -2.15. The van der Waals surface area contributed by atoms with Crippen molar-refractivity contribution in [2.75, 3.05) is 13.2 Å². The van der Waals surface area contributed by atoms with Crippen LogP contribution in [0.4, 0.5) is 13.2 Å². The number of halogens is 3. The molecule has 29 heavy (non-hydrogen) atoms. The zero-order valence-electron chi connectivity index (χ0n) is 16.2. The Balaban J connectivity index is 1.68. The molecule has 152 valence electrons. The Morgan fingerprint density at radius 2 is 1.48 bits per heavy atom. The van der Waals surface area contributed by atoms with Gasteiger partial charge >= 0.3 is 6.18 Å². The molecule has 3 aromatic rings. The maximum Gasteiger partial charge on any atom is 0.419 e. The first-order valence-electron chi connectivity index (χ1n) is 9.55. The van der Waals surface area contributed by atoms with Gasteiger partial charge in [-0.3, -0.25) is 0 Å². The molecule has 0 amide bonds. The summed E-state index contributed by atoms with van der Waals surface area (Å²) in [7, 11) is 0. The van der Waals surface area contributed by atoms with Crippen molar-refractivity contribution in [1.29, 1.82) is 0 Å².